The van der Waals surface area contributed by atoms with Crippen molar-refractivity contribution in [3.05, 3.63) is 36.5 Å². The molecule has 0 amide bonds. The highest BCUT2D eigenvalue weighted by Gasteiger charge is 2.27. The Kier molecular flexibility index (Phi) is 34.7. The monoisotopic (exact) mass is 771 g/mol. The molecule has 0 aromatic carbocycles. The zero-order chi connectivity index (χ0) is 39.3. The fourth-order valence-corrected chi connectivity index (χ4v) is 6.36. The number of phosphoric ester groups is 1. The number of unbranched alkanes of at least 4 members (excludes halogenated alkanes) is 18. The summed E-state index contributed by atoms with van der Waals surface area (Å²) < 4.78 is 34.2. The van der Waals surface area contributed by atoms with Crippen molar-refractivity contribution in [1.82, 2.24) is 0 Å². The van der Waals surface area contributed by atoms with Crippen LogP contribution in [0.4, 0.5) is 0 Å². The highest BCUT2D eigenvalue weighted by Crippen LogP contribution is 2.43. The molecule has 1 N–H and O–H groups in total. The molecule has 0 aliphatic carbocycles. The van der Waals surface area contributed by atoms with E-state index in [4.69, 9.17) is 18.5 Å². The van der Waals surface area contributed by atoms with Crippen LogP contribution in [0.1, 0.15) is 174 Å². The summed E-state index contributed by atoms with van der Waals surface area (Å²) >= 11 is 0. The van der Waals surface area contributed by atoms with Crippen LogP contribution in [0, 0.1) is 0 Å². The van der Waals surface area contributed by atoms with Crippen LogP contribution in [0.3, 0.4) is 0 Å². The quantitative estimate of drug-likeness (QED) is 0.0217. The number of esters is 2. The van der Waals surface area contributed by atoms with Gasteiger partial charge in [-0.15, -0.1) is 0 Å². The predicted octanol–water partition coefficient (Wildman–Crippen LogP) is 11.7. The Bertz CT molecular complexity index is 1010. The van der Waals surface area contributed by atoms with Gasteiger partial charge in [0.1, 0.15) is 19.8 Å². The standard InChI is InChI=1S/C43H80NO8P/c1-6-8-10-12-14-16-18-20-22-24-26-28-30-32-34-36-43(46)52-41(40-51-53(47,48)50-38-37-44(3,4)5)39-49-42(45)35-33-31-29-27-25-23-21-19-17-15-13-11-9-7-2/h8,10,14,16,20,22,41H,6-7,9,11-13,15,17-19,21,23-40H2,1-5H3/p+1/b10-8-,16-14-,22-20-/t41-/m1/s1. The second kappa shape index (κ2) is 35.9. The number of carbonyl (C=O) groups is 2. The smallest absolute Gasteiger partial charge is 0.462 e. The van der Waals surface area contributed by atoms with E-state index in [2.05, 4.69) is 50.3 Å². The number of ether oxygens (including phenoxy) is 2. The Hall–Kier alpha value is -1.77. The molecule has 0 heterocycles. The van der Waals surface area contributed by atoms with E-state index in [0.29, 0.717) is 17.4 Å². The summed E-state index contributed by atoms with van der Waals surface area (Å²) in [5, 5.41) is 0. The Morgan fingerprint density at radius 3 is 1.60 bits per heavy atom. The van der Waals surface area contributed by atoms with Gasteiger partial charge in [-0.2, -0.15) is 0 Å². The zero-order valence-electron chi connectivity index (χ0n) is 34.7. The van der Waals surface area contributed by atoms with Crippen molar-refractivity contribution in [2.24, 2.45) is 0 Å². The van der Waals surface area contributed by atoms with Gasteiger partial charge in [-0.1, -0.05) is 153 Å². The van der Waals surface area contributed by atoms with Gasteiger partial charge in [0.05, 0.1) is 27.7 Å². The maximum atomic E-state index is 12.7. The van der Waals surface area contributed by atoms with Crippen molar-refractivity contribution in [1.29, 1.82) is 0 Å². The van der Waals surface area contributed by atoms with Gasteiger partial charge in [0, 0.05) is 12.8 Å². The van der Waals surface area contributed by atoms with Gasteiger partial charge in [0.15, 0.2) is 6.10 Å². The maximum absolute atomic E-state index is 12.7. The summed E-state index contributed by atoms with van der Waals surface area (Å²) in [5.74, 6) is -0.816. The second-order valence-corrected chi connectivity index (χ2v) is 16.8. The number of carbonyl (C=O) groups excluding carboxylic acids is 2. The van der Waals surface area contributed by atoms with Gasteiger partial charge < -0.3 is 18.9 Å². The summed E-state index contributed by atoms with van der Waals surface area (Å²) in [7, 11) is 1.46. The van der Waals surface area contributed by atoms with Crippen LogP contribution in [-0.2, 0) is 32.7 Å². The van der Waals surface area contributed by atoms with E-state index in [1.54, 1.807) is 0 Å². The van der Waals surface area contributed by atoms with E-state index in [-0.39, 0.29) is 32.0 Å². The van der Waals surface area contributed by atoms with Crippen LogP contribution in [0.2, 0.25) is 0 Å². The molecule has 310 valence electrons. The Balaban J connectivity index is 4.40. The summed E-state index contributed by atoms with van der Waals surface area (Å²) in [5.41, 5.74) is 0. The topological polar surface area (TPSA) is 108 Å². The molecule has 53 heavy (non-hydrogen) atoms. The van der Waals surface area contributed by atoms with Crippen LogP contribution in [0.25, 0.3) is 0 Å². The normalized spacial score (nSPS) is 14.0. The average Bonchev–Trinajstić information content (AvgIpc) is 3.10. The third-order valence-electron chi connectivity index (χ3n) is 8.93. The van der Waals surface area contributed by atoms with Crippen molar-refractivity contribution < 1.29 is 42.1 Å². The van der Waals surface area contributed by atoms with Crippen molar-refractivity contribution in [2.75, 3.05) is 47.5 Å². The molecular weight excluding hydrogens is 689 g/mol. The molecule has 0 bridgehead atoms. The molecule has 0 aliphatic rings. The lowest BCUT2D eigenvalue weighted by Crippen LogP contribution is -2.37. The third kappa shape index (κ3) is 39.7. The fraction of sp³-hybridized carbons (Fsp3) is 0.814. The fourth-order valence-electron chi connectivity index (χ4n) is 5.62. The molecule has 0 spiro atoms. The molecule has 0 saturated heterocycles. The van der Waals surface area contributed by atoms with Crippen LogP contribution < -0.4 is 0 Å². The SMILES string of the molecule is CC/C=C\C/C=C\C/C=C\CCCCCCCC(=O)O[C@H](COC(=O)CCCCCCCCCCCCCCCC)COP(=O)(O)OCC[N+](C)(C)C. The molecule has 10 heteroatoms. The minimum atomic E-state index is -4.37. The zero-order valence-corrected chi connectivity index (χ0v) is 35.6. The van der Waals surface area contributed by atoms with Crippen molar-refractivity contribution >= 4 is 19.8 Å². The van der Waals surface area contributed by atoms with E-state index in [1.165, 1.54) is 70.6 Å². The number of phosphoric acid groups is 1. The number of quaternary nitrogens is 1. The first-order valence-electron chi connectivity index (χ1n) is 21.2. The molecule has 0 saturated carbocycles. The van der Waals surface area contributed by atoms with Crippen LogP contribution in [-0.4, -0.2) is 74.9 Å². The largest absolute Gasteiger partial charge is 0.472 e. The van der Waals surface area contributed by atoms with E-state index in [9.17, 15) is 19.0 Å². The number of likely N-dealkylation sites (N-methyl/N-ethyl adjacent to an activating group) is 1. The number of hydrogen-bond acceptors (Lipinski definition) is 7. The van der Waals surface area contributed by atoms with Crippen molar-refractivity contribution in [3.63, 3.8) is 0 Å². The summed E-state index contributed by atoms with van der Waals surface area (Å²) in [6, 6.07) is 0. The molecule has 0 rings (SSSR count). The van der Waals surface area contributed by atoms with E-state index < -0.39 is 26.5 Å². The minimum absolute atomic E-state index is 0.0285. The van der Waals surface area contributed by atoms with Gasteiger partial charge in [0.2, 0.25) is 0 Å². The number of rotatable bonds is 38. The molecule has 0 aromatic heterocycles. The molecule has 0 radical (unpaired) electrons. The van der Waals surface area contributed by atoms with Crippen LogP contribution in [0.5, 0.6) is 0 Å². The highest BCUT2D eigenvalue weighted by atomic mass is 31.2. The Morgan fingerprint density at radius 1 is 0.604 bits per heavy atom. The molecular formula is C43H81NO8P+. The third-order valence-corrected chi connectivity index (χ3v) is 9.92. The summed E-state index contributed by atoms with van der Waals surface area (Å²) in [6.45, 7) is 4.29. The van der Waals surface area contributed by atoms with E-state index in [0.717, 1.165) is 70.6 Å². The number of nitrogens with zero attached hydrogens (tertiary/aromatic N) is 1. The lowest BCUT2D eigenvalue weighted by Gasteiger charge is -2.24. The first kappa shape index (κ1) is 51.2. The Morgan fingerprint density at radius 2 is 1.08 bits per heavy atom. The van der Waals surface area contributed by atoms with Crippen LogP contribution in [0.15, 0.2) is 36.5 Å². The molecule has 1 unspecified atom stereocenters. The Labute approximate surface area is 325 Å². The molecule has 0 aromatic rings. The molecule has 9 nitrogen and oxygen atoms in total. The average molecular weight is 771 g/mol. The van der Waals surface area contributed by atoms with Crippen LogP contribution >= 0.6 is 7.82 Å². The lowest BCUT2D eigenvalue weighted by atomic mass is 10.0. The van der Waals surface area contributed by atoms with Gasteiger partial charge in [-0.3, -0.25) is 18.6 Å². The highest BCUT2D eigenvalue weighted by molar-refractivity contribution is 7.47. The maximum Gasteiger partial charge on any atom is 0.472 e. The van der Waals surface area contributed by atoms with Gasteiger partial charge in [-0.05, 0) is 44.9 Å². The first-order valence-corrected chi connectivity index (χ1v) is 22.7. The number of hydrogen-bond donors (Lipinski definition) is 1. The first-order chi connectivity index (χ1) is 25.5. The van der Waals surface area contributed by atoms with Crippen molar-refractivity contribution in [2.45, 2.75) is 180 Å². The van der Waals surface area contributed by atoms with Crippen molar-refractivity contribution in [3.8, 4) is 0 Å². The molecule has 0 fully saturated rings. The minimum Gasteiger partial charge on any atom is -0.462 e. The van der Waals surface area contributed by atoms with Gasteiger partial charge in [0.25, 0.3) is 0 Å². The number of allylic oxidation sites excluding steroid dienone is 6. The van der Waals surface area contributed by atoms with E-state index in [1.807, 2.05) is 21.1 Å². The molecule has 0 aliphatic heterocycles. The predicted molar refractivity (Wildman–Crippen MR) is 220 cm³/mol. The summed E-state index contributed by atoms with van der Waals surface area (Å²) in [4.78, 5) is 35.3. The van der Waals surface area contributed by atoms with E-state index >= 15 is 0 Å². The lowest BCUT2D eigenvalue weighted by molar-refractivity contribution is -0.870. The second-order valence-electron chi connectivity index (χ2n) is 15.4. The van der Waals surface area contributed by atoms with Gasteiger partial charge >= 0.3 is 19.8 Å². The van der Waals surface area contributed by atoms with Gasteiger partial charge in [-0.25, -0.2) is 4.57 Å². The summed E-state index contributed by atoms with van der Waals surface area (Å²) in [6.07, 6.45) is 39.0. The molecule has 2 atom stereocenters.